The maximum absolute atomic E-state index is 3.64. The van der Waals surface area contributed by atoms with Crippen molar-refractivity contribution in [3.05, 3.63) is 48.0 Å². The monoisotopic (exact) mass is 255 g/mol. The quantitative estimate of drug-likeness (QED) is 0.853. The lowest BCUT2D eigenvalue weighted by Crippen LogP contribution is -2.41. The Hall–Kier alpha value is -1.34. The van der Waals surface area contributed by atoms with Crippen LogP contribution >= 0.6 is 0 Å². The van der Waals surface area contributed by atoms with Gasteiger partial charge >= 0.3 is 0 Å². The van der Waals surface area contributed by atoms with E-state index in [9.17, 15) is 0 Å². The first kappa shape index (κ1) is 14.1. The van der Waals surface area contributed by atoms with Crippen LogP contribution in [0.4, 0.5) is 0 Å². The molecule has 0 aromatic heterocycles. The molecule has 0 aliphatic carbocycles. The topological polar surface area (TPSA) is 12.0 Å². The van der Waals surface area contributed by atoms with Gasteiger partial charge in [-0.1, -0.05) is 70.2 Å². The fourth-order valence-corrected chi connectivity index (χ4v) is 2.62. The van der Waals surface area contributed by atoms with Crippen LogP contribution in [-0.4, -0.2) is 12.6 Å². The summed E-state index contributed by atoms with van der Waals surface area (Å²) in [6.45, 7) is 10.1. The average molecular weight is 255 g/mol. The Morgan fingerprint density at radius 1 is 1.00 bits per heavy atom. The molecule has 0 amide bonds. The van der Waals surface area contributed by atoms with E-state index in [-0.39, 0.29) is 5.41 Å². The molecule has 0 heterocycles. The van der Waals surface area contributed by atoms with Crippen LogP contribution in [0.2, 0.25) is 0 Å². The van der Waals surface area contributed by atoms with Gasteiger partial charge in [0.1, 0.15) is 0 Å². The van der Waals surface area contributed by atoms with E-state index < -0.39 is 0 Å². The predicted octanol–water partition coefficient (Wildman–Crippen LogP) is 4.41. The van der Waals surface area contributed by atoms with Gasteiger partial charge in [0.25, 0.3) is 0 Å². The molecule has 0 saturated heterocycles. The molecule has 2 aromatic rings. The van der Waals surface area contributed by atoms with Gasteiger partial charge in [0, 0.05) is 6.04 Å². The Kier molecular flexibility index (Phi) is 4.26. The molecule has 1 nitrogen and oxygen atoms in total. The second-order valence-electron chi connectivity index (χ2n) is 6.32. The molecule has 1 heteroatoms. The van der Waals surface area contributed by atoms with E-state index in [0.717, 1.165) is 13.0 Å². The Morgan fingerprint density at radius 2 is 1.68 bits per heavy atom. The zero-order valence-electron chi connectivity index (χ0n) is 12.5. The lowest BCUT2D eigenvalue weighted by atomic mass is 9.82. The number of likely N-dealkylation sites (N-methyl/N-ethyl adjacent to an activating group) is 1. The highest BCUT2D eigenvalue weighted by molar-refractivity contribution is 5.85. The van der Waals surface area contributed by atoms with Gasteiger partial charge in [-0.05, 0) is 34.7 Å². The van der Waals surface area contributed by atoms with Crippen LogP contribution in [0.25, 0.3) is 10.8 Å². The molecule has 19 heavy (non-hydrogen) atoms. The number of benzene rings is 2. The molecular formula is C18H25N. The maximum atomic E-state index is 3.64. The first-order valence-corrected chi connectivity index (χ1v) is 7.22. The van der Waals surface area contributed by atoms with Gasteiger partial charge in [-0.3, -0.25) is 0 Å². The molecule has 0 saturated carbocycles. The minimum absolute atomic E-state index is 0.271. The van der Waals surface area contributed by atoms with E-state index in [1.165, 1.54) is 16.3 Å². The van der Waals surface area contributed by atoms with Crippen molar-refractivity contribution >= 4 is 10.8 Å². The minimum atomic E-state index is 0.271. The van der Waals surface area contributed by atoms with E-state index in [1.54, 1.807) is 0 Å². The summed E-state index contributed by atoms with van der Waals surface area (Å²) in [7, 11) is 0. The summed E-state index contributed by atoms with van der Waals surface area (Å²) in [6.07, 6.45) is 1.08. The van der Waals surface area contributed by atoms with Crippen molar-refractivity contribution in [1.29, 1.82) is 0 Å². The minimum Gasteiger partial charge on any atom is -0.313 e. The zero-order chi connectivity index (χ0) is 13.9. The summed E-state index contributed by atoms with van der Waals surface area (Å²) in [5, 5.41) is 6.36. The van der Waals surface area contributed by atoms with Crippen LogP contribution in [0, 0.1) is 5.41 Å². The molecule has 1 atom stereocenters. The van der Waals surface area contributed by atoms with Gasteiger partial charge in [0.15, 0.2) is 0 Å². The number of fused-ring (bicyclic) bond motifs is 1. The third-order valence-corrected chi connectivity index (χ3v) is 3.80. The molecule has 0 aliphatic rings. The van der Waals surface area contributed by atoms with Gasteiger partial charge in [0.2, 0.25) is 0 Å². The molecular weight excluding hydrogens is 230 g/mol. The second kappa shape index (κ2) is 5.75. The highest BCUT2D eigenvalue weighted by Gasteiger charge is 2.24. The highest BCUT2D eigenvalue weighted by Crippen LogP contribution is 2.26. The van der Waals surface area contributed by atoms with Crippen molar-refractivity contribution in [2.75, 3.05) is 6.54 Å². The van der Waals surface area contributed by atoms with Crippen molar-refractivity contribution in [1.82, 2.24) is 5.32 Å². The number of hydrogen-bond acceptors (Lipinski definition) is 1. The van der Waals surface area contributed by atoms with Gasteiger partial charge in [0.05, 0.1) is 0 Å². The van der Waals surface area contributed by atoms with Crippen molar-refractivity contribution < 1.29 is 0 Å². The van der Waals surface area contributed by atoms with E-state index >= 15 is 0 Å². The SMILES string of the molecule is CCNC(Cc1cccc2ccccc12)C(C)(C)C. The normalized spacial score (nSPS) is 13.7. The second-order valence-corrected chi connectivity index (χ2v) is 6.32. The summed E-state index contributed by atoms with van der Waals surface area (Å²) in [5.74, 6) is 0. The predicted molar refractivity (Wildman–Crippen MR) is 84.6 cm³/mol. The molecule has 0 fully saturated rings. The third-order valence-electron chi connectivity index (χ3n) is 3.80. The van der Waals surface area contributed by atoms with Gasteiger partial charge in [-0.25, -0.2) is 0 Å². The van der Waals surface area contributed by atoms with Crippen molar-refractivity contribution in [2.24, 2.45) is 5.41 Å². The number of rotatable bonds is 4. The fourth-order valence-electron chi connectivity index (χ4n) is 2.62. The Balaban J connectivity index is 2.34. The van der Waals surface area contributed by atoms with Gasteiger partial charge < -0.3 is 5.32 Å². The van der Waals surface area contributed by atoms with E-state index in [4.69, 9.17) is 0 Å². The van der Waals surface area contributed by atoms with Crippen LogP contribution < -0.4 is 5.32 Å². The lowest BCUT2D eigenvalue weighted by molar-refractivity contribution is 0.270. The molecule has 1 unspecified atom stereocenters. The lowest BCUT2D eigenvalue weighted by Gasteiger charge is -2.32. The molecule has 2 rings (SSSR count). The highest BCUT2D eigenvalue weighted by atomic mass is 14.9. The summed E-state index contributed by atoms with van der Waals surface area (Å²) >= 11 is 0. The number of hydrogen-bond donors (Lipinski definition) is 1. The van der Waals surface area contributed by atoms with Crippen molar-refractivity contribution in [3.63, 3.8) is 0 Å². The zero-order valence-corrected chi connectivity index (χ0v) is 12.5. The van der Waals surface area contributed by atoms with Gasteiger partial charge in [-0.15, -0.1) is 0 Å². The summed E-state index contributed by atoms with van der Waals surface area (Å²) in [5.41, 5.74) is 1.71. The van der Waals surface area contributed by atoms with Crippen LogP contribution in [0.5, 0.6) is 0 Å². The molecule has 0 radical (unpaired) electrons. The molecule has 1 N–H and O–H groups in total. The maximum Gasteiger partial charge on any atom is 0.0156 e. The van der Waals surface area contributed by atoms with E-state index in [0.29, 0.717) is 6.04 Å². The molecule has 102 valence electrons. The van der Waals surface area contributed by atoms with Crippen LogP contribution in [0.15, 0.2) is 42.5 Å². The first-order chi connectivity index (χ1) is 9.02. The first-order valence-electron chi connectivity index (χ1n) is 7.22. The Morgan fingerprint density at radius 3 is 2.37 bits per heavy atom. The number of nitrogens with one attached hydrogen (secondary N) is 1. The third kappa shape index (κ3) is 3.36. The van der Waals surface area contributed by atoms with Crippen LogP contribution in [0.1, 0.15) is 33.3 Å². The van der Waals surface area contributed by atoms with Crippen LogP contribution in [0.3, 0.4) is 0 Å². The fraction of sp³-hybridized carbons (Fsp3) is 0.444. The van der Waals surface area contributed by atoms with Gasteiger partial charge in [-0.2, -0.15) is 0 Å². The molecule has 0 spiro atoms. The van der Waals surface area contributed by atoms with E-state index in [1.807, 2.05) is 0 Å². The van der Waals surface area contributed by atoms with E-state index in [2.05, 4.69) is 75.5 Å². The Labute approximate surface area is 117 Å². The smallest absolute Gasteiger partial charge is 0.0156 e. The molecule has 0 aliphatic heterocycles. The summed E-state index contributed by atoms with van der Waals surface area (Å²) < 4.78 is 0. The van der Waals surface area contributed by atoms with Crippen LogP contribution in [-0.2, 0) is 6.42 Å². The summed E-state index contributed by atoms with van der Waals surface area (Å²) in [4.78, 5) is 0. The largest absolute Gasteiger partial charge is 0.313 e. The van der Waals surface area contributed by atoms with Crippen molar-refractivity contribution in [2.45, 2.75) is 40.2 Å². The molecule has 2 aromatic carbocycles. The average Bonchev–Trinajstić information content (AvgIpc) is 2.37. The Bertz CT molecular complexity index is 531. The standard InChI is InChI=1S/C18H25N/c1-5-19-17(18(2,3)4)13-15-11-8-10-14-9-6-7-12-16(14)15/h6-12,17,19H,5,13H2,1-4H3. The summed E-state index contributed by atoms with van der Waals surface area (Å²) in [6, 6.07) is 15.8. The van der Waals surface area contributed by atoms with Crippen molar-refractivity contribution in [3.8, 4) is 0 Å². The molecule has 0 bridgehead atoms.